The van der Waals surface area contributed by atoms with Crippen LogP contribution in [-0.4, -0.2) is 25.7 Å². The van der Waals surface area contributed by atoms with E-state index in [4.69, 9.17) is 0 Å². The number of hydrogen-bond donors (Lipinski definition) is 1. The molecule has 0 saturated carbocycles. The Kier molecular flexibility index (Phi) is 4.06. The quantitative estimate of drug-likeness (QED) is 0.801. The SMILES string of the molecule is Cc1cc(C)cc(N2CCCNCCC2C)c1. The van der Waals surface area contributed by atoms with Gasteiger partial charge in [0.05, 0.1) is 0 Å². The zero-order chi connectivity index (χ0) is 12.3. The van der Waals surface area contributed by atoms with Gasteiger partial charge in [-0.25, -0.2) is 0 Å². The number of rotatable bonds is 1. The van der Waals surface area contributed by atoms with Crippen LogP contribution in [0.15, 0.2) is 18.2 Å². The highest BCUT2D eigenvalue weighted by Crippen LogP contribution is 2.22. The number of aryl methyl sites for hydroxylation is 2. The highest BCUT2D eigenvalue weighted by molar-refractivity contribution is 5.51. The van der Waals surface area contributed by atoms with Gasteiger partial charge in [-0.2, -0.15) is 0 Å². The van der Waals surface area contributed by atoms with E-state index in [0.29, 0.717) is 6.04 Å². The third kappa shape index (κ3) is 3.22. The van der Waals surface area contributed by atoms with Crippen molar-refractivity contribution in [1.29, 1.82) is 0 Å². The van der Waals surface area contributed by atoms with E-state index in [1.54, 1.807) is 0 Å². The minimum absolute atomic E-state index is 0.629. The lowest BCUT2D eigenvalue weighted by Gasteiger charge is -2.34. The maximum atomic E-state index is 3.49. The van der Waals surface area contributed by atoms with Gasteiger partial charge in [-0.3, -0.25) is 0 Å². The van der Waals surface area contributed by atoms with Crippen molar-refractivity contribution < 1.29 is 0 Å². The Bertz CT molecular complexity index is 353. The fourth-order valence-corrected chi connectivity index (χ4v) is 2.69. The molecule has 1 aromatic rings. The standard InChI is InChI=1S/C15H24N2/c1-12-9-13(2)11-15(10-12)17-8-4-6-16-7-5-14(17)3/h9-11,14,16H,4-8H2,1-3H3. The van der Waals surface area contributed by atoms with Crippen LogP contribution in [0.3, 0.4) is 0 Å². The lowest BCUT2D eigenvalue weighted by atomic mass is 10.1. The van der Waals surface area contributed by atoms with Crippen LogP contribution in [0.1, 0.15) is 30.9 Å². The van der Waals surface area contributed by atoms with Gasteiger partial charge < -0.3 is 10.2 Å². The van der Waals surface area contributed by atoms with Crippen molar-refractivity contribution in [3.05, 3.63) is 29.3 Å². The number of hydrogen-bond acceptors (Lipinski definition) is 2. The van der Waals surface area contributed by atoms with Gasteiger partial charge in [0.1, 0.15) is 0 Å². The molecule has 2 rings (SSSR count). The average molecular weight is 232 g/mol. The summed E-state index contributed by atoms with van der Waals surface area (Å²) in [5.74, 6) is 0. The summed E-state index contributed by atoms with van der Waals surface area (Å²) in [5.41, 5.74) is 4.14. The van der Waals surface area contributed by atoms with Crippen LogP contribution >= 0.6 is 0 Å². The first-order valence-corrected chi connectivity index (χ1v) is 6.72. The largest absolute Gasteiger partial charge is 0.369 e. The molecule has 0 radical (unpaired) electrons. The molecule has 1 atom stereocenters. The lowest BCUT2D eigenvalue weighted by molar-refractivity contribution is 0.499. The normalized spacial score (nSPS) is 22.1. The number of nitrogens with one attached hydrogen (secondary N) is 1. The molecule has 1 N–H and O–H groups in total. The van der Waals surface area contributed by atoms with Crippen LogP contribution < -0.4 is 10.2 Å². The minimum Gasteiger partial charge on any atom is -0.369 e. The van der Waals surface area contributed by atoms with E-state index in [2.05, 4.69) is 49.2 Å². The van der Waals surface area contributed by atoms with Crippen molar-refractivity contribution in [2.75, 3.05) is 24.5 Å². The Labute approximate surface area is 105 Å². The number of benzene rings is 1. The van der Waals surface area contributed by atoms with E-state index in [0.717, 1.165) is 19.6 Å². The van der Waals surface area contributed by atoms with Gasteiger partial charge in [0.25, 0.3) is 0 Å². The second-order valence-corrected chi connectivity index (χ2v) is 5.28. The third-order valence-corrected chi connectivity index (χ3v) is 3.56. The van der Waals surface area contributed by atoms with Crippen molar-refractivity contribution in [3.63, 3.8) is 0 Å². The highest BCUT2D eigenvalue weighted by Gasteiger charge is 2.16. The molecule has 0 aromatic heterocycles. The predicted molar refractivity (Wildman–Crippen MR) is 74.8 cm³/mol. The summed E-state index contributed by atoms with van der Waals surface area (Å²) in [4.78, 5) is 2.57. The molecule has 1 saturated heterocycles. The summed E-state index contributed by atoms with van der Waals surface area (Å²) in [6, 6.07) is 7.51. The first-order chi connectivity index (χ1) is 8.16. The summed E-state index contributed by atoms with van der Waals surface area (Å²) in [6.07, 6.45) is 2.46. The Hall–Kier alpha value is -1.02. The molecule has 1 fully saturated rings. The first kappa shape index (κ1) is 12.4. The van der Waals surface area contributed by atoms with Crippen molar-refractivity contribution in [3.8, 4) is 0 Å². The van der Waals surface area contributed by atoms with Crippen LogP contribution in [-0.2, 0) is 0 Å². The molecule has 1 aliphatic rings. The predicted octanol–water partition coefficient (Wildman–Crippen LogP) is 2.88. The monoisotopic (exact) mass is 232 g/mol. The van der Waals surface area contributed by atoms with E-state index in [-0.39, 0.29) is 0 Å². The molecule has 94 valence electrons. The second kappa shape index (κ2) is 5.54. The summed E-state index contributed by atoms with van der Waals surface area (Å²) >= 11 is 0. The molecule has 17 heavy (non-hydrogen) atoms. The van der Waals surface area contributed by atoms with Gasteiger partial charge in [0.15, 0.2) is 0 Å². The van der Waals surface area contributed by atoms with E-state index < -0.39 is 0 Å². The zero-order valence-corrected chi connectivity index (χ0v) is 11.3. The average Bonchev–Trinajstić information content (AvgIpc) is 2.22. The molecular formula is C15H24N2. The van der Waals surface area contributed by atoms with Crippen LogP contribution in [0.4, 0.5) is 5.69 Å². The molecule has 0 spiro atoms. The molecule has 1 aliphatic heterocycles. The molecular weight excluding hydrogens is 208 g/mol. The van der Waals surface area contributed by atoms with Crippen molar-refractivity contribution >= 4 is 5.69 Å². The smallest absolute Gasteiger partial charge is 0.0373 e. The molecule has 1 heterocycles. The van der Waals surface area contributed by atoms with Gasteiger partial charge in [-0.05, 0) is 70.0 Å². The molecule has 0 amide bonds. The molecule has 0 aliphatic carbocycles. The van der Waals surface area contributed by atoms with Crippen LogP contribution in [0.5, 0.6) is 0 Å². The van der Waals surface area contributed by atoms with E-state index in [1.807, 2.05) is 0 Å². The fourth-order valence-electron chi connectivity index (χ4n) is 2.69. The van der Waals surface area contributed by atoms with E-state index in [1.165, 1.54) is 29.7 Å². The molecule has 2 nitrogen and oxygen atoms in total. The van der Waals surface area contributed by atoms with Crippen LogP contribution in [0.25, 0.3) is 0 Å². The van der Waals surface area contributed by atoms with Crippen molar-refractivity contribution in [2.45, 2.75) is 39.7 Å². The molecule has 2 heteroatoms. The van der Waals surface area contributed by atoms with Crippen LogP contribution in [0, 0.1) is 13.8 Å². The first-order valence-electron chi connectivity index (χ1n) is 6.72. The minimum atomic E-state index is 0.629. The molecule has 1 aromatic carbocycles. The van der Waals surface area contributed by atoms with Gasteiger partial charge in [0, 0.05) is 18.3 Å². The van der Waals surface area contributed by atoms with Gasteiger partial charge >= 0.3 is 0 Å². The Morgan fingerprint density at radius 3 is 2.53 bits per heavy atom. The third-order valence-electron chi connectivity index (χ3n) is 3.56. The maximum absolute atomic E-state index is 3.49. The van der Waals surface area contributed by atoms with E-state index >= 15 is 0 Å². The zero-order valence-electron chi connectivity index (χ0n) is 11.3. The van der Waals surface area contributed by atoms with E-state index in [9.17, 15) is 0 Å². The highest BCUT2D eigenvalue weighted by atomic mass is 15.2. The van der Waals surface area contributed by atoms with Gasteiger partial charge in [-0.1, -0.05) is 6.07 Å². The Morgan fingerprint density at radius 2 is 1.82 bits per heavy atom. The second-order valence-electron chi connectivity index (χ2n) is 5.28. The molecule has 1 unspecified atom stereocenters. The summed E-state index contributed by atoms with van der Waals surface area (Å²) in [7, 11) is 0. The summed E-state index contributed by atoms with van der Waals surface area (Å²) in [6.45, 7) is 10.2. The summed E-state index contributed by atoms with van der Waals surface area (Å²) < 4.78 is 0. The number of anilines is 1. The molecule has 0 bridgehead atoms. The van der Waals surface area contributed by atoms with Crippen molar-refractivity contribution in [2.24, 2.45) is 0 Å². The van der Waals surface area contributed by atoms with Gasteiger partial charge in [0.2, 0.25) is 0 Å². The van der Waals surface area contributed by atoms with Crippen LogP contribution in [0.2, 0.25) is 0 Å². The summed E-state index contributed by atoms with van der Waals surface area (Å²) in [5, 5.41) is 3.49. The fraction of sp³-hybridized carbons (Fsp3) is 0.600. The Balaban J connectivity index is 2.22. The van der Waals surface area contributed by atoms with Gasteiger partial charge in [-0.15, -0.1) is 0 Å². The number of nitrogens with zero attached hydrogens (tertiary/aromatic N) is 1. The lowest BCUT2D eigenvalue weighted by Crippen LogP contribution is -2.40. The van der Waals surface area contributed by atoms with Crippen molar-refractivity contribution in [1.82, 2.24) is 5.32 Å². The topological polar surface area (TPSA) is 15.3 Å². The Morgan fingerprint density at radius 1 is 1.12 bits per heavy atom. The maximum Gasteiger partial charge on any atom is 0.0373 e.